The van der Waals surface area contributed by atoms with E-state index in [1.165, 1.54) is 0 Å². The normalized spacial score (nSPS) is 11.4. The topological polar surface area (TPSA) is 0 Å². The molecular weight excluding hydrogens is 179 g/mol. The summed E-state index contributed by atoms with van der Waals surface area (Å²) in [4.78, 5) is 0. The zero-order valence-corrected chi connectivity index (χ0v) is 6.30. The molecule has 0 heterocycles. The van der Waals surface area contributed by atoms with Crippen molar-refractivity contribution in [1.29, 1.82) is 0 Å². The zero-order valence-electron chi connectivity index (χ0n) is 6.30. The molecule has 0 aromatic heterocycles. The molecule has 0 radical (unpaired) electrons. The summed E-state index contributed by atoms with van der Waals surface area (Å²) in [6.45, 7) is 0. The van der Waals surface area contributed by atoms with Crippen LogP contribution in [0.25, 0.3) is 0 Å². The van der Waals surface area contributed by atoms with E-state index in [1.54, 1.807) is 0 Å². The van der Waals surface area contributed by atoms with Gasteiger partial charge in [-0.2, -0.15) is 22.0 Å². The lowest BCUT2D eigenvalue weighted by Gasteiger charge is -2.03. The van der Waals surface area contributed by atoms with Crippen LogP contribution < -0.4 is 0 Å². The summed E-state index contributed by atoms with van der Waals surface area (Å²) in [5.41, 5.74) is 0. The standard InChI is InChI=1S/C7H9F5/c8-6(9)4-2-1-3-5-7(10,11)12/h4H,1-3,5H2. The molecule has 0 fully saturated rings. The van der Waals surface area contributed by atoms with Crippen molar-refractivity contribution in [1.82, 2.24) is 0 Å². The van der Waals surface area contributed by atoms with E-state index in [9.17, 15) is 22.0 Å². The summed E-state index contributed by atoms with van der Waals surface area (Å²) in [5.74, 6) is 0. The Hall–Kier alpha value is -0.610. The van der Waals surface area contributed by atoms with Gasteiger partial charge >= 0.3 is 6.18 Å². The van der Waals surface area contributed by atoms with E-state index in [-0.39, 0.29) is 19.3 Å². The summed E-state index contributed by atoms with van der Waals surface area (Å²) in [7, 11) is 0. The first kappa shape index (κ1) is 11.4. The number of halogens is 5. The summed E-state index contributed by atoms with van der Waals surface area (Å²) in [6.07, 6.45) is -6.19. The smallest absolute Gasteiger partial charge is 0.174 e. The van der Waals surface area contributed by atoms with Gasteiger partial charge in [-0.3, -0.25) is 0 Å². The van der Waals surface area contributed by atoms with Gasteiger partial charge in [0.2, 0.25) is 0 Å². The summed E-state index contributed by atoms with van der Waals surface area (Å²) in [5, 5.41) is 0. The van der Waals surface area contributed by atoms with Crippen LogP contribution >= 0.6 is 0 Å². The first-order chi connectivity index (χ1) is 5.42. The minimum absolute atomic E-state index is 0.0123. The molecule has 0 saturated carbocycles. The van der Waals surface area contributed by atoms with Gasteiger partial charge in [0.1, 0.15) is 0 Å². The van der Waals surface area contributed by atoms with Gasteiger partial charge in [0.25, 0.3) is 6.08 Å². The Balaban J connectivity index is 3.29. The highest BCUT2D eigenvalue weighted by molar-refractivity contribution is 4.79. The van der Waals surface area contributed by atoms with Crippen molar-refractivity contribution in [3.8, 4) is 0 Å². The minimum Gasteiger partial charge on any atom is -0.174 e. The van der Waals surface area contributed by atoms with Crippen LogP contribution in [0.15, 0.2) is 12.2 Å². The Morgan fingerprint density at radius 2 is 1.67 bits per heavy atom. The lowest BCUT2D eigenvalue weighted by Crippen LogP contribution is -2.05. The Morgan fingerprint density at radius 3 is 2.08 bits per heavy atom. The van der Waals surface area contributed by atoms with Gasteiger partial charge in [0.05, 0.1) is 0 Å². The first-order valence-corrected chi connectivity index (χ1v) is 3.50. The molecule has 0 spiro atoms. The van der Waals surface area contributed by atoms with E-state index in [2.05, 4.69) is 0 Å². The maximum absolute atomic E-state index is 11.5. The van der Waals surface area contributed by atoms with Crippen molar-refractivity contribution >= 4 is 0 Å². The van der Waals surface area contributed by atoms with Gasteiger partial charge in [-0.15, -0.1) is 0 Å². The van der Waals surface area contributed by atoms with Crippen molar-refractivity contribution in [3.63, 3.8) is 0 Å². The molecule has 0 bridgehead atoms. The molecule has 0 saturated heterocycles. The number of unbranched alkanes of at least 4 members (excludes halogenated alkanes) is 2. The lowest BCUT2D eigenvalue weighted by atomic mass is 10.2. The van der Waals surface area contributed by atoms with Gasteiger partial charge in [0, 0.05) is 6.42 Å². The summed E-state index contributed by atoms with van der Waals surface area (Å²) in [6, 6.07) is 0. The predicted octanol–water partition coefficient (Wildman–Crippen LogP) is 3.89. The molecule has 0 N–H and O–H groups in total. The fraction of sp³-hybridized carbons (Fsp3) is 0.714. The largest absolute Gasteiger partial charge is 0.389 e. The highest BCUT2D eigenvalue weighted by Gasteiger charge is 2.25. The number of rotatable bonds is 4. The predicted molar refractivity (Wildman–Crippen MR) is 34.8 cm³/mol. The third-order valence-corrected chi connectivity index (χ3v) is 1.21. The van der Waals surface area contributed by atoms with Crippen LogP contribution in [0.2, 0.25) is 0 Å². The third kappa shape index (κ3) is 9.39. The van der Waals surface area contributed by atoms with Crippen molar-refractivity contribution in [2.75, 3.05) is 0 Å². The van der Waals surface area contributed by atoms with E-state index in [4.69, 9.17) is 0 Å². The Labute approximate surface area is 67.1 Å². The molecule has 0 aliphatic carbocycles. The highest BCUT2D eigenvalue weighted by atomic mass is 19.4. The molecule has 0 amide bonds. The van der Waals surface area contributed by atoms with E-state index in [0.717, 1.165) is 0 Å². The van der Waals surface area contributed by atoms with Crippen LogP contribution in [0.5, 0.6) is 0 Å². The van der Waals surface area contributed by atoms with Crippen molar-refractivity contribution in [2.45, 2.75) is 31.9 Å². The van der Waals surface area contributed by atoms with E-state index >= 15 is 0 Å². The molecule has 0 aliphatic rings. The fourth-order valence-electron chi connectivity index (χ4n) is 0.681. The summed E-state index contributed by atoms with van der Waals surface area (Å²) >= 11 is 0. The second-order valence-electron chi connectivity index (χ2n) is 2.35. The quantitative estimate of drug-likeness (QED) is 0.463. The molecule has 0 unspecified atom stereocenters. The molecule has 12 heavy (non-hydrogen) atoms. The van der Waals surface area contributed by atoms with E-state index < -0.39 is 18.7 Å². The second-order valence-corrected chi connectivity index (χ2v) is 2.35. The lowest BCUT2D eigenvalue weighted by molar-refractivity contribution is -0.135. The van der Waals surface area contributed by atoms with Crippen LogP contribution in [0.4, 0.5) is 22.0 Å². The Bertz CT molecular complexity index is 142. The summed E-state index contributed by atoms with van der Waals surface area (Å²) < 4.78 is 57.1. The van der Waals surface area contributed by atoms with E-state index in [1.807, 2.05) is 0 Å². The van der Waals surface area contributed by atoms with Gasteiger partial charge < -0.3 is 0 Å². The highest BCUT2D eigenvalue weighted by Crippen LogP contribution is 2.22. The molecule has 5 heteroatoms. The fourth-order valence-corrected chi connectivity index (χ4v) is 0.681. The maximum atomic E-state index is 11.5. The molecule has 0 atom stereocenters. The Kier molecular flexibility index (Phi) is 4.85. The van der Waals surface area contributed by atoms with Crippen molar-refractivity contribution in [3.05, 3.63) is 12.2 Å². The molecule has 0 nitrogen and oxygen atoms in total. The third-order valence-electron chi connectivity index (χ3n) is 1.21. The van der Waals surface area contributed by atoms with Crippen LogP contribution in [-0.4, -0.2) is 6.18 Å². The van der Waals surface area contributed by atoms with Crippen LogP contribution in [-0.2, 0) is 0 Å². The zero-order chi connectivity index (χ0) is 9.61. The van der Waals surface area contributed by atoms with Gasteiger partial charge in [-0.25, -0.2) is 0 Å². The number of hydrogen-bond donors (Lipinski definition) is 0. The number of alkyl halides is 3. The average molecular weight is 188 g/mol. The molecule has 0 rings (SSSR count). The van der Waals surface area contributed by atoms with Crippen LogP contribution in [0.1, 0.15) is 25.7 Å². The van der Waals surface area contributed by atoms with Gasteiger partial charge in [-0.05, 0) is 25.3 Å². The van der Waals surface area contributed by atoms with E-state index in [0.29, 0.717) is 6.08 Å². The minimum atomic E-state index is -4.17. The van der Waals surface area contributed by atoms with Crippen LogP contribution in [0, 0.1) is 0 Å². The van der Waals surface area contributed by atoms with Crippen LogP contribution in [0.3, 0.4) is 0 Å². The number of hydrogen-bond acceptors (Lipinski definition) is 0. The first-order valence-electron chi connectivity index (χ1n) is 3.50. The maximum Gasteiger partial charge on any atom is 0.389 e. The molecule has 72 valence electrons. The van der Waals surface area contributed by atoms with Gasteiger partial charge in [0.15, 0.2) is 0 Å². The molecular formula is C7H9F5. The Morgan fingerprint density at radius 1 is 1.08 bits per heavy atom. The van der Waals surface area contributed by atoms with Gasteiger partial charge in [-0.1, -0.05) is 0 Å². The van der Waals surface area contributed by atoms with Crippen molar-refractivity contribution in [2.24, 2.45) is 0 Å². The molecule has 0 aromatic carbocycles. The molecule has 0 aliphatic heterocycles. The molecule has 0 aromatic rings. The monoisotopic (exact) mass is 188 g/mol. The second kappa shape index (κ2) is 5.11. The number of allylic oxidation sites excluding steroid dienone is 1. The van der Waals surface area contributed by atoms with Crippen molar-refractivity contribution < 1.29 is 22.0 Å². The average Bonchev–Trinajstić information content (AvgIpc) is 1.83. The SMILES string of the molecule is FC(F)=CCCCCC(F)(F)F.